The molecule has 1 amide bonds. The molecular formula is C16H14N2O. The Morgan fingerprint density at radius 3 is 2.68 bits per heavy atom. The van der Waals surface area contributed by atoms with Gasteiger partial charge in [0, 0.05) is 40.5 Å². The van der Waals surface area contributed by atoms with Gasteiger partial charge in [0.25, 0.3) is 0 Å². The van der Waals surface area contributed by atoms with Gasteiger partial charge in [0.1, 0.15) is 0 Å². The molecule has 0 unspecified atom stereocenters. The molecule has 3 aromatic rings. The zero-order chi connectivity index (χ0) is 12.8. The van der Waals surface area contributed by atoms with Gasteiger partial charge < -0.3 is 9.88 Å². The quantitative estimate of drug-likeness (QED) is 0.705. The molecule has 3 heteroatoms. The molecule has 1 aliphatic rings. The number of aromatic amines is 1. The number of anilines is 1. The summed E-state index contributed by atoms with van der Waals surface area (Å²) < 4.78 is 0. The fourth-order valence-electron chi connectivity index (χ4n) is 2.93. The van der Waals surface area contributed by atoms with Crippen molar-refractivity contribution >= 4 is 33.4 Å². The molecule has 1 aliphatic heterocycles. The molecule has 1 aromatic heterocycles. The number of hydrogen-bond acceptors (Lipinski definition) is 1. The number of carbonyl (C=O) groups excluding carboxylic acids is 1. The maximum atomic E-state index is 11.8. The third kappa shape index (κ3) is 1.55. The standard InChI is InChI=1S/C16H14N2O/c19-16-6-3-9-18(16)11-7-8-13-12-4-1-2-5-14(12)17-15(13)10-11/h1-2,4-5,7-8,10,17H,3,6,9H2. The van der Waals surface area contributed by atoms with Gasteiger partial charge in [-0.1, -0.05) is 24.3 Å². The number of nitrogens with one attached hydrogen (secondary N) is 1. The highest BCUT2D eigenvalue weighted by molar-refractivity contribution is 6.08. The lowest BCUT2D eigenvalue weighted by Gasteiger charge is -2.15. The number of benzene rings is 2. The Bertz CT molecular complexity index is 788. The highest BCUT2D eigenvalue weighted by atomic mass is 16.2. The van der Waals surface area contributed by atoms with Gasteiger partial charge in [0.2, 0.25) is 5.91 Å². The van der Waals surface area contributed by atoms with E-state index in [9.17, 15) is 4.79 Å². The summed E-state index contributed by atoms with van der Waals surface area (Å²) in [6, 6.07) is 14.5. The monoisotopic (exact) mass is 250 g/mol. The zero-order valence-corrected chi connectivity index (χ0v) is 10.5. The minimum absolute atomic E-state index is 0.232. The molecule has 4 rings (SSSR count). The summed E-state index contributed by atoms with van der Waals surface area (Å²) in [5.41, 5.74) is 3.24. The molecular weight excluding hydrogens is 236 g/mol. The van der Waals surface area contributed by atoms with E-state index in [1.54, 1.807) is 0 Å². The molecule has 1 N–H and O–H groups in total. The Kier molecular flexibility index (Phi) is 2.15. The van der Waals surface area contributed by atoms with E-state index in [4.69, 9.17) is 0 Å². The van der Waals surface area contributed by atoms with Crippen molar-refractivity contribution in [2.75, 3.05) is 11.4 Å². The smallest absolute Gasteiger partial charge is 0.227 e. The van der Waals surface area contributed by atoms with E-state index in [0.717, 1.165) is 29.7 Å². The highest BCUT2D eigenvalue weighted by Gasteiger charge is 2.21. The van der Waals surface area contributed by atoms with Crippen LogP contribution in [-0.2, 0) is 4.79 Å². The molecule has 0 radical (unpaired) electrons. The summed E-state index contributed by atoms with van der Waals surface area (Å²) in [6.07, 6.45) is 1.63. The van der Waals surface area contributed by atoms with E-state index < -0.39 is 0 Å². The van der Waals surface area contributed by atoms with Crippen molar-refractivity contribution < 1.29 is 4.79 Å². The van der Waals surface area contributed by atoms with Gasteiger partial charge in [-0.2, -0.15) is 0 Å². The Labute approximate surface area is 110 Å². The Hall–Kier alpha value is -2.29. The van der Waals surface area contributed by atoms with Crippen molar-refractivity contribution in [1.82, 2.24) is 4.98 Å². The largest absolute Gasteiger partial charge is 0.354 e. The van der Waals surface area contributed by atoms with Crippen LogP contribution in [0.1, 0.15) is 12.8 Å². The van der Waals surface area contributed by atoms with Crippen molar-refractivity contribution in [3.8, 4) is 0 Å². The van der Waals surface area contributed by atoms with Crippen LogP contribution in [0, 0.1) is 0 Å². The van der Waals surface area contributed by atoms with E-state index in [1.807, 2.05) is 23.1 Å². The van der Waals surface area contributed by atoms with Gasteiger partial charge in [0.05, 0.1) is 0 Å². The van der Waals surface area contributed by atoms with Crippen LogP contribution >= 0.6 is 0 Å². The number of fused-ring (bicyclic) bond motifs is 3. The number of rotatable bonds is 1. The lowest BCUT2D eigenvalue weighted by Crippen LogP contribution is -2.23. The van der Waals surface area contributed by atoms with Gasteiger partial charge in [-0.25, -0.2) is 0 Å². The number of hydrogen-bond donors (Lipinski definition) is 1. The van der Waals surface area contributed by atoms with E-state index in [-0.39, 0.29) is 5.91 Å². The van der Waals surface area contributed by atoms with Crippen LogP contribution in [0.25, 0.3) is 21.8 Å². The first kappa shape index (κ1) is 10.6. The first-order valence-corrected chi connectivity index (χ1v) is 6.64. The SMILES string of the molecule is O=C1CCCN1c1ccc2c(c1)[nH]c1ccccc12. The summed E-state index contributed by atoms with van der Waals surface area (Å²) in [7, 11) is 0. The molecule has 0 saturated carbocycles. The van der Waals surface area contributed by atoms with Crippen molar-refractivity contribution in [1.29, 1.82) is 0 Å². The Morgan fingerprint density at radius 2 is 1.84 bits per heavy atom. The van der Waals surface area contributed by atoms with Crippen LogP contribution in [0.4, 0.5) is 5.69 Å². The number of carbonyl (C=O) groups is 1. The van der Waals surface area contributed by atoms with Gasteiger partial charge in [-0.3, -0.25) is 4.79 Å². The van der Waals surface area contributed by atoms with Crippen LogP contribution in [0.15, 0.2) is 42.5 Å². The second-order valence-corrected chi connectivity index (χ2v) is 5.05. The first-order chi connectivity index (χ1) is 9.33. The second kappa shape index (κ2) is 3.85. The fourth-order valence-corrected chi connectivity index (χ4v) is 2.93. The van der Waals surface area contributed by atoms with E-state index in [0.29, 0.717) is 6.42 Å². The van der Waals surface area contributed by atoms with Crippen molar-refractivity contribution in [3.05, 3.63) is 42.5 Å². The summed E-state index contributed by atoms with van der Waals surface area (Å²) in [4.78, 5) is 17.1. The predicted molar refractivity (Wildman–Crippen MR) is 77.4 cm³/mol. The third-order valence-corrected chi connectivity index (χ3v) is 3.87. The molecule has 0 spiro atoms. The topological polar surface area (TPSA) is 36.1 Å². The summed E-state index contributed by atoms with van der Waals surface area (Å²) in [5.74, 6) is 0.232. The molecule has 0 aliphatic carbocycles. The molecule has 19 heavy (non-hydrogen) atoms. The van der Waals surface area contributed by atoms with Crippen molar-refractivity contribution in [2.45, 2.75) is 12.8 Å². The first-order valence-electron chi connectivity index (χ1n) is 6.64. The molecule has 3 nitrogen and oxygen atoms in total. The molecule has 0 bridgehead atoms. The van der Waals surface area contributed by atoms with Crippen LogP contribution in [0.5, 0.6) is 0 Å². The zero-order valence-electron chi connectivity index (χ0n) is 10.5. The average Bonchev–Trinajstić information content (AvgIpc) is 3.01. The van der Waals surface area contributed by atoms with E-state index in [2.05, 4.69) is 29.2 Å². The van der Waals surface area contributed by atoms with E-state index in [1.165, 1.54) is 10.8 Å². The summed E-state index contributed by atoms with van der Waals surface area (Å²) in [6.45, 7) is 0.838. The maximum Gasteiger partial charge on any atom is 0.227 e. The average molecular weight is 250 g/mol. The second-order valence-electron chi connectivity index (χ2n) is 5.05. The Morgan fingerprint density at radius 1 is 1.00 bits per heavy atom. The van der Waals surface area contributed by atoms with Gasteiger partial charge in [0.15, 0.2) is 0 Å². The minimum Gasteiger partial charge on any atom is -0.354 e. The number of nitrogens with zero attached hydrogens (tertiary/aromatic N) is 1. The van der Waals surface area contributed by atoms with Crippen LogP contribution in [-0.4, -0.2) is 17.4 Å². The fraction of sp³-hybridized carbons (Fsp3) is 0.188. The molecule has 2 aromatic carbocycles. The minimum atomic E-state index is 0.232. The number of aromatic nitrogens is 1. The van der Waals surface area contributed by atoms with Crippen LogP contribution < -0.4 is 4.90 Å². The van der Waals surface area contributed by atoms with Gasteiger partial charge in [-0.05, 0) is 24.6 Å². The summed E-state index contributed by atoms with van der Waals surface area (Å²) in [5, 5.41) is 2.45. The van der Waals surface area contributed by atoms with Crippen LogP contribution in [0.3, 0.4) is 0 Å². The lowest BCUT2D eigenvalue weighted by molar-refractivity contribution is -0.117. The molecule has 0 atom stereocenters. The van der Waals surface area contributed by atoms with E-state index >= 15 is 0 Å². The predicted octanol–water partition coefficient (Wildman–Crippen LogP) is 3.45. The molecule has 94 valence electrons. The van der Waals surface area contributed by atoms with Gasteiger partial charge >= 0.3 is 0 Å². The van der Waals surface area contributed by atoms with Crippen molar-refractivity contribution in [3.63, 3.8) is 0 Å². The number of H-pyrrole nitrogens is 1. The maximum absolute atomic E-state index is 11.8. The Balaban J connectivity index is 1.91. The molecule has 1 saturated heterocycles. The third-order valence-electron chi connectivity index (χ3n) is 3.87. The number of amides is 1. The van der Waals surface area contributed by atoms with Gasteiger partial charge in [-0.15, -0.1) is 0 Å². The lowest BCUT2D eigenvalue weighted by atomic mass is 10.1. The normalized spacial score (nSPS) is 15.8. The van der Waals surface area contributed by atoms with Crippen molar-refractivity contribution in [2.24, 2.45) is 0 Å². The molecule has 2 heterocycles. The van der Waals surface area contributed by atoms with Crippen LogP contribution in [0.2, 0.25) is 0 Å². The highest BCUT2D eigenvalue weighted by Crippen LogP contribution is 2.30. The summed E-state index contributed by atoms with van der Waals surface area (Å²) >= 11 is 0. The number of para-hydroxylation sites is 1. The molecule has 1 fully saturated rings.